The Bertz CT molecular complexity index is 576. The van der Waals surface area contributed by atoms with Gasteiger partial charge in [0.25, 0.3) is 0 Å². The van der Waals surface area contributed by atoms with Crippen LogP contribution in [0.3, 0.4) is 0 Å². The van der Waals surface area contributed by atoms with Crippen molar-refractivity contribution >= 4 is 23.0 Å². The van der Waals surface area contributed by atoms with Gasteiger partial charge in [0.2, 0.25) is 0 Å². The molecule has 34 heavy (non-hydrogen) atoms. The number of hydrogen-bond acceptors (Lipinski definition) is 1. The van der Waals surface area contributed by atoms with Crippen molar-refractivity contribution in [2.75, 3.05) is 0 Å². The molecule has 1 nitrogen and oxygen atoms in total. The Kier molecular flexibility index (Phi) is 16.9. The Morgan fingerprint density at radius 3 is 1.97 bits per heavy atom. The van der Waals surface area contributed by atoms with Crippen molar-refractivity contribution in [3.8, 4) is 0 Å². The van der Waals surface area contributed by atoms with Gasteiger partial charge in [-0.1, -0.05) is 89.0 Å². The maximum atomic E-state index is 15.1. The van der Waals surface area contributed by atoms with E-state index in [0.717, 1.165) is 42.9 Å². The van der Waals surface area contributed by atoms with Crippen LogP contribution in [0.1, 0.15) is 147 Å². The van der Waals surface area contributed by atoms with Crippen LogP contribution in [0.5, 0.6) is 0 Å². The van der Waals surface area contributed by atoms with Crippen molar-refractivity contribution in [2.45, 2.75) is 147 Å². The summed E-state index contributed by atoms with van der Waals surface area (Å²) in [5.41, 5.74) is 0.730. The summed E-state index contributed by atoms with van der Waals surface area (Å²) < 4.78 is 20.4. The molecule has 7 unspecified atom stereocenters. The number of allylic oxidation sites excluding steroid dienone is 2. The van der Waals surface area contributed by atoms with Crippen molar-refractivity contribution in [1.82, 2.24) is 0 Å². The average molecular weight is 595 g/mol. The second kappa shape index (κ2) is 16.8. The highest BCUT2D eigenvalue weighted by Gasteiger charge is 2.60. The van der Waals surface area contributed by atoms with E-state index in [1.807, 2.05) is 78.4 Å². The van der Waals surface area contributed by atoms with E-state index in [-0.39, 0.29) is 17.2 Å². The molecule has 0 N–H and O–H groups in total. The molecule has 4 rings (SSSR count). The highest BCUT2D eigenvalue weighted by atomic mass is 127. The molecule has 0 spiro atoms. The van der Waals surface area contributed by atoms with Crippen molar-refractivity contribution in [1.29, 1.82) is 0 Å². The number of fused-ring (bicyclic) bond motifs is 5. The minimum absolute atomic E-state index is 0.0900. The first-order valence-corrected chi connectivity index (χ1v) is 16.0. The molecule has 0 heterocycles. The molecule has 0 aliphatic heterocycles. The zero-order valence-electron chi connectivity index (χ0n) is 24.8. The fraction of sp³-hybridized carbons (Fsp3) is 0.935. The normalized spacial score (nSPS) is 37.4. The molecule has 4 aliphatic rings. The lowest BCUT2D eigenvalue weighted by Gasteiger charge is -2.60. The molecule has 4 aliphatic carbocycles. The van der Waals surface area contributed by atoms with E-state index in [0.29, 0.717) is 11.2 Å². The predicted octanol–water partition coefficient (Wildman–Crippen LogP) is 12.1. The van der Waals surface area contributed by atoms with E-state index >= 15 is 4.39 Å². The lowest BCUT2D eigenvalue weighted by molar-refractivity contribution is -0.101. The summed E-state index contributed by atoms with van der Waals surface area (Å²) in [5.74, 6) is 4.25. The molecule has 0 amide bonds. The fourth-order valence-corrected chi connectivity index (χ4v) is 8.47. The van der Waals surface area contributed by atoms with Crippen LogP contribution in [0.4, 0.5) is 4.39 Å². The summed E-state index contributed by atoms with van der Waals surface area (Å²) in [4.78, 5) is 0. The molecule has 3 fully saturated rings. The Hall–Kier alpha value is 0.200. The lowest BCUT2D eigenvalue weighted by atomic mass is 9.45. The van der Waals surface area contributed by atoms with E-state index < -0.39 is 0 Å². The Balaban J connectivity index is 0.00000124. The topological polar surface area (TPSA) is 9.23 Å². The summed E-state index contributed by atoms with van der Waals surface area (Å²) in [7, 11) is 0. The van der Waals surface area contributed by atoms with Crippen molar-refractivity contribution in [2.24, 2.45) is 40.4 Å². The second-order valence-corrected chi connectivity index (χ2v) is 10.8. The minimum Gasteiger partial charge on any atom is -0.429 e. The van der Waals surface area contributed by atoms with Crippen molar-refractivity contribution in [3.05, 3.63) is 11.6 Å². The number of unbranched alkanes of at least 4 members (excludes halogenated alkanes) is 1. The Morgan fingerprint density at radius 2 is 1.41 bits per heavy atom. The Labute approximate surface area is 228 Å². The van der Waals surface area contributed by atoms with E-state index in [1.54, 1.807) is 0 Å². The largest absolute Gasteiger partial charge is 0.429 e. The SMILES string of the molecule is CC.CC.CC.CC.CCCCC1CCC2C3CCC4C(F)=C(OI)CCC4(C)C3CCC12C. The van der Waals surface area contributed by atoms with Crippen LogP contribution in [-0.2, 0) is 3.07 Å². The zero-order chi connectivity index (χ0) is 26.5. The molecular weight excluding hydrogens is 534 g/mol. The lowest BCUT2D eigenvalue weighted by Crippen LogP contribution is -2.53. The fourth-order valence-electron chi connectivity index (χ4n) is 8.04. The number of hydrogen-bond donors (Lipinski definition) is 0. The highest BCUT2D eigenvalue weighted by molar-refractivity contribution is 14.1. The first-order valence-electron chi connectivity index (χ1n) is 15.1. The van der Waals surface area contributed by atoms with Gasteiger partial charge in [-0.15, -0.1) is 0 Å². The van der Waals surface area contributed by atoms with Gasteiger partial charge in [-0.25, -0.2) is 4.39 Å². The van der Waals surface area contributed by atoms with Gasteiger partial charge < -0.3 is 3.07 Å². The van der Waals surface area contributed by atoms with Crippen LogP contribution in [-0.4, -0.2) is 0 Å². The molecule has 7 atom stereocenters. The summed E-state index contributed by atoms with van der Waals surface area (Å²) >= 11 is 1.86. The van der Waals surface area contributed by atoms with Crippen molar-refractivity contribution < 1.29 is 7.46 Å². The zero-order valence-corrected chi connectivity index (χ0v) is 27.0. The minimum atomic E-state index is 0.0900. The van der Waals surface area contributed by atoms with Gasteiger partial charge >= 0.3 is 0 Å². The monoisotopic (exact) mass is 594 g/mol. The standard InChI is InChI=1S/C23H36FIO.4C2H6/c1-4-5-6-15-7-9-17-16-8-10-19-21(24)20(26-25)12-14-23(19,3)18(16)11-13-22(15,17)2;4*1-2/h15-19H,4-14H2,1-3H3;4*1-2H3. The summed E-state index contributed by atoms with van der Waals surface area (Å²) in [5, 5.41) is 0. The van der Waals surface area contributed by atoms with E-state index in [9.17, 15) is 0 Å². The summed E-state index contributed by atoms with van der Waals surface area (Å²) in [6.45, 7) is 23.4. The molecular formula is C31H60FIO. The average Bonchev–Trinajstić information content (AvgIpc) is 3.24. The highest BCUT2D eigenvalue weighted by Crippen LogP contribution is 2.68. The predicted molar refractivity (Wildman–Crippen MR) is 159 cm³/mol. The van der Waals surface area contributed by atoms with Gasteiger partial charge in [-0.2, -0.15) is 0 Å². The van der Waals surface area contributed by atoms with Gasteiger partial charge in [0, 0.05) is 12.3 Å². The van der Waals surface area contributed by atoms with Crippen LogP contribution < -0.4 is 0 Å². The molecule has 0 bridgehead atoms. The van der Waals surface area contributed by atoms with E-state index in [2.05, 4.69) is 20.8 Å². The molecule has 0 radical (unpaired) electrons. The van der Waals surface area contributed by atoms with Crippen LogP contribution in [0.15, 0.2) is 11.6 Å². The van der Waals surface area contributed by atoms with Crippen molar-refractivity contribution in [3.63, 3.8) is 0 Å². The summed E-state index contributed by atoms with van der Waals surface area (Å²) in [6, 6.07) is 0. The quantitative estimate of drug-likeness (QED) is 0.294. The van der Waals surface area contributed by atoms with Crippen LogP contribution in [0.2, 0.25) is 0 Å². The molecule has 3 heteroatoms. The van der Waals surface area contributed by atoms with Crippen LogP contribution in [0.25, 0.3) is 0 Å². The summed E-state index contributed by atoms with van der Waals surface area (Å²) in [6.07, 6.45) is 14.0. The first-order chi connectivity index (χ1) is 16.5. The first kappa shape index (κ1) is 34.2. The van der Waals surface area contributed by atoms with Gasteiger partial charge in [-0.05, 0) is 85.9 Å². The third-order valence-electron chi connectivity index (χ3n) is 9.53. The third kappa shape index (κ3) is 6.74. The van der Waals surface area contributed by atoms with Crippen LogP contribution >= 0.6 is 23.0 Å². The van der Waals surface area contributed by atoms with Gasteiger partial charge in [0.15, 0.2) is 23.0 Å². The van der Waals surface area contributed by atoms with Gasteiger partial charge in [0.1, 0.15) is 11.6 Å². The molecule has 0 aromatic carbocycles. The molecule has 204 valence electrons. The number of halogens is 2. The maximum Gasteiger partial charge on any atom is 0.192 e. The third-order valence-corrected chi connectivity index (χ3v) is 10.1. The molecule has 0 saturated heterocycles. The van der Waals surface area contributed by atoms with Gasteiger partial charge in [0.05, 0.1) is 0 Å². The Morgan fingerprint density at radius 1 is 0.824 bits per heavy atom. The smallest absolute Gasteiger partial charge is 0.192 e. The molecule has 3 saturated carbocycles. The van der Waals surface area contributed by atoms with E-state index in [1.165, 1.54) is 51.4 Å². The van der Waals surface area contributed by atoms with E-state index in [4.69, 9.17) is 3.07 Å². The number of rotatable bonds is 4. The maximum absolute atomic E-state index is 15.1. The molecule has 0 aromatic rings. The van der Waals surface area contributed by atoms with Gasteiger partial charge in [-0.3, -0.25) is 0 Å². The molecule has 0 aromatic heterocycles. The van der Waals surface area contributed by atoms with Crippen LogP contribution in [0, 0.1) is 40.4 Å². The second-order valence-electron chi connectivity index (χ2n) is 10.3.